The Kier molecular flexibility index (Phi) is 2.08. The van der Waals surface area contributed by atoms with Gasteiger partial charge in [-0.3, -0.25) is 20.2 Å². The van der Waals surface area contributed by atoms with Gasteiger partial charge in [0.05, 0.1) is 15.9 Å². The lowest BCUT2D eigenvalue weighted by Crippen LogP contribution is -1.95. The van der Waals surface area contributed by atoms with Gasteiger partial charge in [-0.25, -0.2) is 0 Å². The third-order valence-corrected chi connectivity index (χ3v) is 2.13. The van der Waals surface area contributed by atoms with Crippen molar-refractivity contribution in [1.29, 1.82) is 0 Å². The van der Waals surface area contributed by atoms with Gasteiger partial charge in [0.1, 0.15) is 11.3 Å². The predicted molar refractivity (Wildman–Crippen MR) is 54.3 cm³/mol. The Hall–Kier alpha value is -2.44. The van der Waals surface area contributed by atoms with Gasteiger partial charge in [-0.1, -0.05) is 0 Å². The molecular weight excluding hydrogens is 216 g/mol. The molecule has 0 saturated heterocycles. The van der Waals surface area contributed by atoms with E-state index in [1.807, 2.05) is 0 Å². The summed E-state index contributed by atoms with van der Waals surface area (Å²) in [5.74, 6) is 0.546. The van der Waals surface area contributed by atoms with E-state index in [0.29, 0.717) is 11.1 Å². The highest BCUT2D eigenvalue weighted by Crippen LogP contribution is 2.33. The van der Waals surface area contributed by atoms with Crippen LogP contribution in [0.15, 0.2) is 22.6 Å². The number of furan rings is 1. The van der Waals surface area contributed by atoms with Crippen LogP contribution in [0.4, 0.5) is 11.4 Å². The normalized spacial score (nSPS) is 10.6. The van der Waals surface area contributed by atoms with E-state index in [1.165, 1.54) is 0 Å². The fourth-order valence-electron chi connectivity index (χ4n) is 1.49. The third kappa shape index (κ3) is 1.48. The van der Waals surface area contributed by atoms with E-state index in [-0.39, 0.29) is 5.58 Å². The van der Waals surface area contributed by atoms with E-state index in [0.717, 1.165) is 12.1 Å². The van der Waals surface area contributed by atoms with Crippen molar-refractivity contribution in [2.45, 2.75) is 6.92 Å². The number of aryl methyl sites for hydroxylation is 1. The van der Waals surface area contributed by atoms with Crippen molar-refractivity contribution < 1.29 is 14.3 Å². The van der Waals surface area contributed by atoms with Gasteiger partial charge in [-0.15, -0.1) is 0 Å². The molecule has 0 aliphatic heterocycles. The van der Waals surface area contributed by atoms with E-state index in [4.69, 9.17) is 4.42 Å². The number of fused-ring (bicyclic) bond motifs is 1. The predicted octanol–water partition coefficient (Wildman–Crippen LogP) is 2.56. The molecule has 7 heteroatoms. The molecule has 82 valence electrons. The van der Waals surface area contributed by atoms with Crippen molar-refractivity contribution in [3.05, 3.63) is 44.2 Å². The molecular formula is C9H6N2O5. The molecule has 2 rings (SSSR count). The van der Waals surface area contributed by atoms with Gasteiger partial charge in [0, 0.05) is 11.5 Å². The first-order valence-electron chi connectivity index (χ1n) is 4.32. The standard InChI is InChI=1S/C9H6N2O5/c1-5-2-6-3-7(10(12)13)8(11(14)15)4-9(6)16-5/h2-4H,1H3. The number of nitrogens with zero attached hydrogens (tertiary/aromatic N) is 2. The molecule has 0 unspecified atom stereocenters. The van der Waals surface area contributed by atoms with Gasteiger partial charge < -0.3 is 4.42 Å². The average molecular weight is 222 g/mol. The minimum Gasteiger partial charge on any atom is -0.461 e. The Balaban J connectivity index is 2.80. The first kappa shape index (κ1) is 10.1. The molecule has 0 bridgehead atoms. The molecule has 1 heterocycles. The summed E-state index contributed by atoms with van der Waals surface area (Å²) in [5, 5.41) is 21.8. The zero-order chi connectivity index (χ0) is 11.9. The van der Waals surface area contributed by atoms with Crippen molar-refractivity contribution in [2.24, 2.45) is 0 Å². The molecule has 0 amide bonds. The van der Waals surface area contributed by atoms with Crippen LogP contribution in [0.3, 0.4) is 0 Å². The third-order valence-electron chi connectivity index (χ3n) is 2.13. The average Bonchev–Trinajstić information content (AvgIpc) is 2.54. The summed E-state index contributed by atoms with van der Waals surface area (Å²) < 4.78 is 5.17. The molecule has 0 N–H and O–H groups in total. The van der Waals surface area contributed by atoms with Crippen LogP contribution in [-0.2, 0) is 0 Å². The van der Waals surface area contributed by atoms with E-state index in [9.17, 15) is 20.2 Å². The Labute approximate surface area is 88.6 Å². The summed E-state index contributed by atoms with van der Waals surface area (Å²) in [6, 6.07) is 3.80. The highest BCUT2D eigenvalue weighted by molar-refractivity contribution is 5.84. The Morgan fingerprint density at radius 3 is 2.19 bits per heavy atom. The van der Waals surface area contributed by atoms with Gasteiger partial charge in [0.25, 0.3) is 0 Å². The van der Waals surface area contributed by atoms with E-state index < -0.39 is 21.2 Å². The minimum atomic E-state index is -0.796. The maximum Gasteiger partial charge on any atom is 0.349 e. The van der Waals surface area contributed by atoms with Crippen LogP contribution in [0.1, 0.15) is 5.76 Å². The Bertz CT molecular complexity index is 550. The summed E-state index contributed by atoms with van der Waals surface area (Å²) in [5.41, 5.74) is -0.819. The smallest absolute Gasteiger partial charge is 0.349 e. The lowest BCUT2D eigenvalue weighted by molar-refractivity contribution is -0.422. The topological polar surface area (TPSA) is 99.4 Å². The summed E-state index contributed by atoms with van der Waals surface area (Å²) >= 11 is 0. The number of hydrogen-bond donors (Lipinski definition) is 0. The quantitative estimate of drug-likeness (QED) is 0.574. The first-order chi connectivity index (χ1) is 7.49. The van der Waals surface area contributed by atoms with Crippen molar-refractivity contribution in [2.75, 3.05) is 0 Å². The van der Waals surface area contributed by atoms with Crippen LogP contribution < -0.4 is 0 Å². The molecule has 7 nitrogen and oxygen atoms in total. The van der Waals surface area contributed by atoms with Gasteiger partial charge in [-0.2, -0.15) is 0 Å². The van der Waals surface area contributed by atoms with Gasteiger partial charge in [-0.05, 0) is 13.0 Å². The van der Waals surface area contributed by atoms with Gasteiger partial charge in [0.15, 0.2) is 0 Å². The maximum absolute atomic E-state index is 10.6. The summed E-state index contributed by atoms with van der Waals surface area (Å²) in [6.07, 6.45) is 0. The molecule has 0 saturated carbocycles. The fraction of sp³-hybridized carbons (Fsp3) is 0.111. The molecule has 0 fully saturated rings. The van der Waals surface area contributed by atoms with E-state index >= 15 is 0 Å². The van der Waals surface area contributed by atoms with Crippen LogP contribution in [-0.4, -0.2) is 9.85 Å². The first-order valence-corrected chi connectivity index (χ1v) is 4.32. The second-order valence-electron chi connectivity index (χ2n) is 3.25. The molecule has 16 heavy (non-hydrogen) atoms. The largest absolute Gasteiger partial charge is 0.461 e. The van der Waals surface area contributed by atoms with Crippen LogP contribution in [0.25, 0.3) is 11.0 Å². The van der Waals surface area contributed by atoms with Gasteiger partial charge >= 0.3 is 11.4 Å². The van der Waals surface area contributed by atoms with Crippen LogP contribution in [0, 0.1) is 27.2 Å². The van der Waals surface area contributed by atoms with Crippen LogP contribution in [0.2, 0.25) is 0 Å². The summed E-state index contributed by atoms with van der Waals surface area (Å²) in [6.45, 7) is 1.66. The number of nitro benzene ring substituents is 2. The molecule has 0 atom stereocenters. The maximum atomic E-state index is 10.6. The highest BCUT2D eigenvalue weighted by atomic mass is 16.6. The lowest BCUT2D eigenvalue weighted by atomic mass is 10.2. The Morgan fingerprint density at radius 2 is 1.62 bits per heavy atom. The molecule has 1 aromatic carbocycles. The molecule has 1 aromatic heterocycles. The van der Waals surface area contributed by atoms with E-state index in [1.54, 1.807) is 13.0 Å². The molecule has 0 spiro atoms. The zero-order valence-corrected chi connectivity index (χ0v) is 8.17. The number of nitro groups is 2. The monoisotopic (exact) mass is 222 g/mol. The van der Waals surface area contributed by atoms with Gasteiger partial charge in [0.2, 0.25) is 0 Å². The molecule has 0 aliphatic carbocycles. The Morgan fingerprint density at radius 1 is 1.06 bits per heavy atom. The van der Waals surface area contributed by atoms with Crippen LogP contribution >= 0.6 is 0 Å². The number of hydrogen-bond acceptors (Lipinski definition) is 5. The molecule has 0 radical (unpaired) electrons. The van der Waals surface area contributed by atoms with E-state index in [2.05, 4.69) is 0 Å². The second kappa shape index (κ2) is 3.30. The number of rotatable bonds is 2. The molecule has 2 aromatic rings. The highest BCUT2D eigenvalue weighted by Gasteiger charge is 2.25. The minimum absolute atomic E-state index is 0.273. The zero-order valence-electron chi connectivity index (χ0n) is 8.17. The summed E-state index contributed by atoms with van der Waals surface area (Å²) in [7, 11) is 0. The van der Waals surface area contributed by atoms with Crippen molar-refractivity contribution in [3.63, 3.8) is 0 Å². The summed E-state index contributed by atoms with van der Waals surface area (Å²) in [4.78, 5) is 19.7. The second-order valence-corrected chi connectivity index (χ2v) is 3.25. The number of benzene rings is 1. The molecule has 0 aliphatic rings. The SMILES string of the molecule is Cc1cc2cc([N+](=O)[O-])c([N+](=O)[O-])cc2o1. The van der Waals surface area contributed by atoms with Crippen molar-refractivity contribution in [3.8, 4) is 0 Å². The van der Waals surface area contributed by atoms with Crippen molar-refractivity contribution in [1.82, 2.24) is 0 Å². The van der Waals surface area contributed by atoms with Crippen molar-refractivity contribution >= 4 is 22.3 Å². The van der Waals surface area contributed by atoms with Crippen LogP contribution in [0.5, 0.6) is 0 Å². The fourth-order valence-corrected chi connectivity index (χ4v) is 1.49. The lowest BCUT2D eigenvalue weighted by Gasteiger charge is -1.94.